The third-order valence-corrected chi connectivity index (χ3v) is 6.63. The highest BCUT2D eigenvalue weighted by Gasteiger charge is 2.45. The molecule has 0 saturated carbocycles. The largest absolute Gasteiger partial charge is 0.345 e. The molecule has 0 N–H and O–H groups in total. The van der Waals surface area contributed by atoms with E-state index in [0.29, 0.717) is 11.8 Å². The summed E-state index contributed by atoms with van der Waals surface area (Å²) in [4.78, 5) is 21.6. The molecule has 3 heterocycles. The highest BCUT2D eigenvalue weighted by molar-refractivity contribution is 5.84. The van der Waals surface area contributed by atoms with Gasteiger partial charge in [-0.3, -0.25) is 4.79 Å². The topological polar surface area (TPSA) is 62.5 Å². The lowest BCUT2D eigenvalue weighted by Gasteiger charge is -2.48. The fraction of sp³-hybridized carbons (Fsp3) is 0.375. The number of carbonyl (C=O) groups excluding carboxylic acids is 1. The normalized spacial score (nSPS) is 21.2. The summed E-state index contributed by atoms with van der Waals surface area (Å²) in [5, 5.41) is 4.16. The van der Waals surface area contributed by atoms with Gasteiger partial charge in [0.1, 0.15) is 0 Å². The van der Waals surface area contributed by atoms with Crippen LogP contribution in [0.1, 0.15) is 30.7 Å². The van der Waals surface area contributed by atoms with Crippen LogP contribution in [0.2, 0.25) is 0 Å². The second kappa shape index (κ2) is 7.59. The van der Waals surface area contributed by atoms with Crippen LogP contribution in [0.15, 0.2) is 65.2 Å². The summed E-state index contributed by atoms with van der Waals surface area (Å²) >= 11 is 0. The van der Waals surface area contributed by atoms with Crippen molar-refractivity contribution in [3.63, 3.8) is 0 Å². The van der Waals surface area contributed by atoms with Crippen molar-refractivity contribution in [3.05, 3.63) is 66.2 Å². The minimum Gasteiger partial charge on any atom is -0.345 e. The molecule has 2 aromatic carbocycles. The summed E-state index contributed by atoms with van der Waals surface area (Å²) in [6.45, 7) is 2.54. The van der Waals surface area contributed by atoms with Crippen molar-refractivity contribution in [3.8, 4) is 11.4 Å². The number of likely N-dealkylation sites (N-methyl/N-ethyl adjacent to an activating group) is 1. The van der Waals surface area contributed by atoms with Crippen LogP contribution in [0.5, 0.6) is 0 Å². The molecule has 0 radical (unpaired) electrons. The van der Waals surface area contributed by atoms with Crippen molar-refractivity contribution in [2.24, 2.45) is 5.41 Å². The van der Waals surface area contributed by atoms with E-state index in [9.17, 15) is 4.79 Å². The van der Waals surface area contributed by atoms with Gasteiger partial charge >= 0.3 is 6.01 Å². The SMILES string of the molecule is CN1CC2(CCN(c3nc(-c4ccccc4)no3)CC2)C[C@@H](c2ccccc2)C1=O. The summed E-state index contributed by atoms with van der Waals surface area (Å²) in [5.41, 5.74) is 2.22. The maximum Gasteiger partial charge on any atom is 0.324 e. The summed E-state index contributed by atoms with van der Waals surface area (Å²) in [7, 11) is 1.94. The molecule has 154 valence electrons. The van der Waals surface area contributed by atoms with Gasteiger partial charge in [-0.25, -0.2) is 0 Å². The minimum absolute atomic E-state index is 0.0513. The molecule has 6 nitrogen and oxygen atoms in total. The Balaban J connectivity index is 1.30. The van der Waals surface area contributed by atoms with Crippen molar-refractivity contribution in [2.45, 2.75) is 25.2 Å². The number of hydrogen-bond donors (Lipinski definition) is 0. The molecule has 1 atom stereocenters. The first-order valence-electron chi connectivity index (χ1n) is 10.6. The highest BCUT2D eigenvalue weighted by Crippen LogP contribution is 2.45. The van der Waals surface area contributed by atoms with Gasteiger partial charge in [0, 0.05) is 32.2 Å². The molecule has 3 aromatic rings. The number of anilines is 1. The van der Waals surface area contributed by atoms with Crippen LogP contribution in [-0.4, -0.2) is 47.6 Å². The number of aromatic nitrogens is 2. The number of hydrogen-bond acceptors (Lipinski definition) is 5. The van der Waals surface area contributed by atoms with Crippen molar-refractivity contribution in [2.75, 3.05) is 31.6 Å². The molecule has 6 heteroatoms. The number of piperidine rings is 2. The average Bonchev–Trinajstić information content (AvgIpc) is 3.28. The summed E-state index contributed by atoms with van der Waals surface area (Å²) in [5.74, 6) is 0.807. The van der Waals surface area contributed by atoms with E-state index in [4.69, 9.17) is 4.52 Å². The lowest BCUT2D eigenvalue weighted by Crippen LogP contribution is -2.52. The van der Waals surface area contributed by atoms with Crippen LogP contribution >= 0.6 is 0 Å². The monoisotopic (exact) mass is 402 g/mol. The van der Waals surface area contributed by atoms with E-state index in [0.717, 1.165) is 50.0 Å². The maximum atomic E-state index is 12.9. The Labute approximate surface area is 176 Å². The summed E-state index contributed by atoms with van der Waals surface area (Å²) in [6.07, 6.45) is 2.93. The first-order chi connectivity index (χ1) is 14.6. The zero-order chi connectivity index (χ0) is 20.6. The predicted molar refractivity (Wildman–Crippen MR) is 115 cm³/mol. The Morgan fingerprint density at radius 2 is 1.67 bits per heavy atom. The lowest BCUT2D eigenvalue weighted by atomic mass is 9.68. The zero-order valence-corrected chi connectivity index (χ0v) is 17.2. The summed E-state index contributed by atoms with van der Waals surface area (Å²) in [6, 6.07) is 20.7. The van der Waals surface area contributed by atoms with Gasteiger partial charge in [-0.2, -0.15) is 4.98 Å². The Kier molecular flexibility index (Phi) is 4.77. The fourth-order valence-corrected chi connectivity index (χ4v) is 4.96. The van der Waals surface area contributed by atoms with E-state index >= 15 is 0 Å². The first kappa shape index (κ1) is 18.9. The number of carbonyl (C=O) groups is 1. The molecule has 5 rings (SSSR count). The summed E-state index contributed by atoms with van der Waals surface area (Å²) < 4.78 is 5.56. The van der Waals surface area contributed by atoms with Crippen molar-refractivity contribution in [1.82, 2.24) is 15.0 Å². The van der Waals surface area contributed by atoms with Gasteiger partial charge in [0.25, 0.3) is 0 Å². The van der Waals surface area contributed by atoms with Crippen molar-refractivity contribution < 1.29 is 9.32 Å². The van der Waals surface area contributed by atoms with Gasteiger partial charge in [0.15, 0.2) is 0 Å². The molecule has 0 unspecified atom stereocenters. The molecule has 1 amide bonds. The third kappa shape index (κ3) is 3.47. The average molecular weight is 402 g/mol. The molecule has 2 aliphatic rings. The van der Waals surface area contributed by atoms with E-state index in [1.165, 1.54) is 0 Å². The zero-order valence-electron chi connectivity index (χ0n) is 17.2. The van der Waals surface area contributed by atoms with Gasteiger partial charge in [0.2, 0.25) is 11.7 Å². The highest BCUT2D eigenvalue weighted by atomic mass is 16.5. The lowest BCUT2D eigenvalue weighted by molar-refractivity contribution is -0.138. The van der Waals surface area contributed by atoms with Crippen LogP contribution in [0, 0.1) is 5.41 Å². The van der Waals surface area contributed by atoms with Gasteiger partial charge < -0.3 is 14.3 Å². The number of benzene rings is 2. The predicted octanol–water partition coefficient (Wildman–Crippen LogP) is 3.97. The Bertz CT molecular complexity index is 1010. The van der Waals surface area contributed by atoms with E-state index in [1.807, 2.05) is 60.5 Å². The van der Waals surface area contributed by atoms with Crippen LogP contribution < -0.4 is 4.90 Å². The van der Waals surface area contributed by atoms with E-state index in [2.05, 4.69) is 27.2 Å². The second-order valence-corrected chi connectivity index (χ2v) is 8.62. The smallest absolute Gasteiger partial charge is 0.324 e. The van der Waals surface area contributed by atoms with Gasteiger partial charge in [0.05, 0.1) is 5.92 Å². The number of rotatable bonds is 3. The van der Waals surface area contributed by atoms with E-state index in [-0.39, 0.29) is 17.2 Å². The van der Waals surface area contributed by atoms with Crippen LogP contribution in [0.25, 0.3) is 11.4 Å². The molecule has 2 aliphatic heterocycles. The number of nitrogens with zero attached hydrogens (tertiary/aromatic N) is 4. The molecule has 1 spiro atoms. The Morgan fingerprint density at radius 3 is 2.37 bits per heavy atom. The van der Waals surface area contributed by atoms with E-state index in [1.54, 1.807) is 0 Å². The number of amides is 1. The van der Waals surface area contributed by atoms with Gasteiger partial charge in [-0.1, -0.05) is 65.8 Å². The maximum absolute atomic E-state index is 12.9. The van der Waals surface area contributed by atoms with Crippen LogP contribution in [0.3, 0.4) is 0 Å². The van der Waals surface area contributed by atoms with Crippen molar-refractivity contribution in [1.29, 1.82) is 0 Å². The number of likely N-dealkylation sites (tertiary alicyclic amines) is 1. The quantitative estimate of drug-likeness (QED) is 0.663. The Hall–Kier alpha value is -3.15. The molecule has 2 saturated heterocycles. The fourth-order valence-electron chi connectivity index (χ4n) is 4.96. The van der Waals surface area contributed by atoms with Crippen LogP contribution in [-0.2, 0) is 4.79 Å². The van der Waals surface area contributed by atoms with Gasteiger partial charge in [-0.05, 0) is 30.2 Å². The molecular formula is C24H26N4O2. The molecule has 1 aromatic heterocycles. The van der Waals surface area contributed by atoms with Gasteiger partial charge in [-0.15, -0.1) is 0 Å². The second-order valence-electron chi connectivity index (χ2n) is 8.62. The van der Waals surface area contributed by atoms with Crippen LogP contribution in [0.4, 0.5) is 6.01 Å². The van der Waals surface area contributed by atoms with Crippen molar-refractivity contribution >= 4 is 11.9 Å². The molecule has 0 bridgehead atoms. The molecular weight excluding hydrogens is 376 g/mol. The molecule has 30 heavy (non-hydrogen) atoms. The third-order valence-electron chi connectivity index (χ3n) is 6.63. The molecule has 2 fully saturated rings. The first-order valence-corrected chi connectivity index (χ1v) is 10.6. The standard InChI is InChI=1S/C24H26N4O2/c1-27-17-24(16-20(22(27)29)18-8-4-2-5-9-18)12-14-28(15-13-24)23-25-21(26-30-23)19-10-6-3-7-11-19/h2-11,20H,12-17H2,1H3/t20-/m0/s1. The Morgan fingerprint density at radius 1 is 1.00 bits per heavy atom. The minimum atomic E-state index is -0.0513. The van der Waals surface area contributed by atoms with E-state index < -0.39 is 0 Å². The molecule has 0 aliphatic carbocycles.